The van der Waals surface area contributed by atoms with E-state index in [4.69, 9.17) is 0 Å². The van der Waals surface area contributed by atoms with Gasteiger partial charge in [0.2, 0.25) is 5.91 Å². The average Bonchev–Trinajstić information content (AvgIpc) is 3.32. The van der Waals surface area contributed by atoms with Gasteiger partial charge in [-0.25, -0.2) is 0 Å². The van der Waals surface area contributed by atoms with Gasteiger partial charge in [-0.1, -0.05) is 61.5 Å². The summed E-state index contributed by atoms with van der Waals surface area (Å²) in [7, 11) is 0. The molecule has 2 aliphatic rings. The highest BCUT2D eigenvalue weighted by atomic mass is 16.4. The molecule has 0 aromatic heterocycles. The van der Waals surface area contributed by atoms with Crippen LogP contribution in [0, 0.1) is 5.92 Å². The normalized spacial score (nSPS) is 24.9. The van der Waals surface area contributed by atoms with Crippen LogP contribution < -0.4 is 5.32 Å². The minimum absolute atomic E-state index is 0.0123. The van der Waals surface area contributed by atoms with Crippen LogP contribution in [0.1, 0.15) is 42.9 Å². The summed E-state index contributed by atoms with van der Waals surface area (Å²) in [6.07, 6.45) is 3.33. The molecule has 4 heteroatoms. The van der Waals surface area contributed by atoms with Gasteiger partial charge < -0.3 is 10.4 Å². The number of aryl methyl sites for hydroxylation is 1. The van der Waals surface area contributed by atoms with Crippen LogP contribution in [-0.4, -0.2) is 23.5 Å². The Morgan fingerprint density at radius 1 is 1.15 bits per heavy atom. The summed E-state index contributed by atoms with van der Waals surface area (Å²) in [4.78, 5) is 25.0. The number of hydrogen-bond acceptors (Lipinski definition) is 2. The third kappa shape index (κ3) is 2.75. The molecule has 3 atom stereocenters. The molecule has 2 aromatic carbocycles. The van der Waals surface area contributed by atoms with Crippen molar-refractivity contribution in [3.63, 3.8) is 0 Å². The maximum absolute atomic E-state index is 12.9. The monoisotopic (exact) mass is 363 g/mol. The Balaban J connectivity index is 1.50. The van der Waals surface area contributed by atoms with E-state index in [1.807, 2.05) is 43.3 Å². The Morgan fingerprint density at radius 2 is 1.85 bits per heavy atom. The Morgan fingerprint density at radius 3 is 2.56 bits per heavy atom. The lowest BCUT2D eigenvalue weighted by Crippen LogP contribution is -2.47. The summed E-state index contributed by atoms with van der Waals surface area (Å²) in [6.45, 7) is 1.98. The molecule has 2 aliphatic carbocycles. The molecule has 3 unspecified atom stereocenters. The molecular formula is C23H25NO3. The molecule has 2 aromatic rings. The van der Waals surface area contributed by atoms with Crippen LogP contribution in [0.4, 0.5) is 0 Å². The van der Waals surface area contributed by atoms with Crippen molar-refractivity contribution in [3.05, 3.63) is 71.3 Å². The van der Waals surface area contributed by atoms with Crippen molar-refractivity contribution in [2.75, 3.05) is 6.54 Å². The number of benzene rings is 2. The van der Waals surface area contributed by atoms with Crippen LogP contribution in [0.15, 0.2) is 54.6 Å². The Labute approximate surface area is 159 Å². The number of hydrogen-bond donors (Lipinski definition) is 2. The molecule has 0 heterocycles. The summed E-state index contributed by atoms with van der Waals surface area (Å²) >= 11 is 0. The number of carboxylic acids is 1. The molecule has 0 bridgehead atoms. The summed E-state index contributed by atoms with van der Waals surface area (Å²) in [6, 6.07) is 17.6. The predicted octanol–water partition coefficient (Wildman–Crippen LogP) is 3.44. The van der Waals surface area contributed by atoms with Crippen LogP contribution >= 0.6 is 0 Å². The zero-order chi connectivity index (χ0) is 19.1. The number of carboxylic acid groups (broad SMARTS) is 1. The molecule has 0 radical (unpaired) electrons. The molecule has 140 valence electrons. The van der Waals surface area contributed by atoms with Crippen LogP contribution in [-0.2, 0) is 26.8 Å². The number of rotatable bonds is 6. The third-order valence-corrected chi connectivity index (χ3v) is 6.69. The van der Waals surface area contributed by atoms with Crippen LogP contribution in [0.25, 0.3) is 0 Å². The highest BCUT2D eigenvalue weighted by molar-refractivity contribution is 5.87. The van der Waals surface area contributed by atoms with Crippen molar-refractivity contribution in [2.45, 2.75) is 43.4 Å². The SMILES string of the molecule is CCC(CNC(=O)C1CC12CCc1ccccc12)(C(=O)O)c1ccccc1. The Kier molecular flexibility index (Phi) is 4.29. The van der Waals surface area contributed by atoms with Gasteiger partial charge in [-0.2, -0.15) is 0 Å². The van der Waals surface area contributed by atoms with Gasteiger partial charge in [0.15, 0.2) is 0 Å². The second-order valence-electron chi connectivity index (χ2n) is 7.89. The smallest absolute Gasteiger partial charge is 0.315 e. The van der Waals surface area contributed by atoms with E-state index in [-0.39, 0.29) is 23.8 Å². The number of carbonyl (C=O) groups excluding carboxylic acids is 1. The standard InChI is InChI=1S/C23H25NO3/c1-2-22(21(26)27,17-9-4-3-5-10-17)15-24-20(25)19-14-23(19)13-12-16-8-6-7-11-18(16)23/h3-11,19H,2,12-15H2,1H3,(H,24,25)(H,26,27). The van der Waals surface area contributed by atoms with Crippen LogP contribution in [0.3, 0.4) is 0 Å². The molecule has 1 spiro atoms. The van der Waals surface area contributed by atoms with Gasteiger partial charge in [0.05, 0.1) is 0 Å². The molecule has 4 nitrogen and oxygen atoms in total. The van der Waals surface area contributed by atoms with Gasteiger partial charge in [-0.3, -0.25) is 9.59 Å². The molecule has 0 aliphatic heterocycles. The highest BCUT2D eigenvalue weighted by Crippen LogP contribution is 2.61. The number of carbonyl (C=O) groups is 2. The first-order valence-corrected chi connectivity index (χ1v) is 9.68. The highest BCUT2D eigenvalue weighted by Gasteiger charge is 2.61. The molecule has 4 rings (SSSR count). The van der Waals surface area contributed by atoms with E-state index >= 15 is 0 Å². The second-order valence-corrected chi connectivity index (χ2v) is 7.89. The van der Waals surface area contributed by atoms with Crippen molar-refractivity contribution in [1.29, 1.82) is 0 Å². The van der Waals surface area contributed by atoms with Gasteiger partial charge in [-0.15, -0.1) is 0 Å². The Bertz CT molecular complexity index is 878. The second kappa shape index (κ2) is 6.52. The van der Waals surface area contributed by atoms with E-state index in [0.717, 1.165) is 24.8 Å². The van der Waals surface area contributed by atoms with E-state index in [2.05, 4.69) is 23.5 Å². The summed E-state index contributed by atoms with van der Waals surface area (Å²) in [5.74, 6) is -0.949. The molecule has 0 saturated heterocycles. The first-order valence-electron chi connectivity index (χ1n) is 9.68. The Hall–Kier alpha value is -2.62. The van der Waals surface area contributed by atoms with Gasteiger partial charge in [0, 0.05) is 17.9 Å². The fraction of sp³-hybridized carbons (Fsp3) is 0.391. The average molecular weight is 363 g/mol. The number of aliphatic carboxylic acids is 1. The van der Waals surface area contributed by atoms with E-state index in [0.29, 0.717) is 6.42 Å². The number of amides is 1. The zero-order valence-corrected chi connectivity index (χ0v) is 15.6. The summed E-state index contributed by atoms with van der Waals surface area (Å²) < 4.78 is 0. The molecule has 1 amide bonds. The van der Waals surface area contributed by atoms with E-state index in [9.17, 15) is 14.7 Å². The minimum Gasteiger partial charge on any atom is -0.481 e. The maximum Gasteiger partial charge on any atom is 0.315 e. The predicted molar refractivity (Wildman–Crippen MR) is 104 cm³/mol. The largest absolute Gasteiger partial charge is 0.481 e. The number of nitrogens with one attached hydrogen (secondary N) is 1. The van der Waals surface area contributed by atoms with Crippen molar-refractivity contribution in [2.24, 2.45) is 5.92 Å². The summed E-state index contributed by atoms with van der Waals surface area (Å²) in [5, 5.41) is 12.9. The van der Waals surface area contributed by atoms with Gasteiger partial charge in [0.1, 0.15) is 5.41 Å². The van der Waals surface area contributed by atoms with Crippen LogP contribution in [0.5, 0.6) is 0 Å². The van der Waals surface area contributed by atoms with Crippen molar-refractivity contribution >= 4 is 11.9 Å². The summed E-state index contributed by atoms with van der Waals surface area (Å²) in [5.41, 5.74) is 2.29. The van der Waals surface area contributed by atoms with Crippen molar-refractivity contribution in [1.82, 2.24) is 5.32 Å². The van der Waals surface area contributed by atoms with Gasteiger partial charge in [0.25, 0.3) is 0 Å². The molecule has 1 saturated carbocycles. The molecule has 2 N–H and O–H groups in total. The van der Waals surface area contributed by atoms with Crippen molar-refractivity contribution in [3.8, 4) is 0 Å². The topological polar surface area (TPSA) is 66.4 Å². The first-order chi connectivity index (χ1) is 13.0. The lowest BCUT2D eigenvalue weighted by Gasteiger charge is -2.29. The molecule has 1 fully saturated rings. The molecule has 27 heavy (non-hydrogen) atoms. The zero-order valence-electron chi connectivity index (χ0n) is 15.6. The van der Waals surface area contributed by atoms with E-state index in [1.165, 1.54) is 11.1 Å². The fourth-order valence-corrected chi connectivity index (χ4v) is 4.84. The lowest BCUT2D eigenvalue weighted by atomic mass is 9.78. The van der Waals surface area contributed by atoms with Crippen LogP contribution in [0.2, 0.25) is 0 Å². The van der Waals surface area contributed by atoms with Gasteiger partial charge in [-0.05, 0) is 42.4 Å². The minimum atomic E-state index is -1.09. The number of fused-ring (bicyclic) bond motifs is 2. The van der Waals surface area contributed by atoms with Crippen molar-refractivity contribution < 1.29 is 14.7 Å². The maximum atomic E-state index is 12.9. The first kappa shape index (κ1) is 17.8. The quantitative estimate of drug-likeness (QED) is 0.826. The molecular weight excluding hydrogens is 338 g/mol. The van der Waals surface area contributed by atoms with Gasteiger partial charge >= 0.3 is 5.97 Å². The fourth-order valence-electron chi connectivity index (χ4n) is 4.84. The third-order valence-electron chi connectivity index (χ3n) is 6.69. The lowest BCUT2D eigenvalue weighted by molar-refractivity contribution is -0.144. The van der Waals surface area contributed by atoms with E-state index in [1.54, 1.807) is 0 Å². The van der Waals surface area contributed by atoms with E-state index < -0.39 is 11.4 Å².